The standard InChI is InChI=1S/C19H26N4O4/c1-3-26-19(25)21-13-8-9-15-14(12-13)22-17(23(15)2)7-4-10-20-18(24)16-6-5-11-27-16/h8-9,12,16H,3-7,10-11H2,1-2H3,(H,20,24)(H,21,25). The van der Waals surface area contributed by atoms with Crippen molar-refractivity contribution in [2.75, 3.05) is 25.1 Å². The molecule has 0 saturated carbocycles. The van der Waals surface area contributed by atoms with E-state index in [1.54, 1.807) is 6.92 Å². The number of nitrogens with zero attached hydrogens (tertiary/aromatic N) is 2. The molecule has 1 unspecified atom stereocenters. The predicted octanol–water partition coefficient (Wildman–Crippen LogP) is 2.37. The number of carbonyl (C=O) groups is 2. The van der Waals surface area contributed by atoms with Crippen LogP contribution in [0.25, 0.3) is 11.0 Å². The van der Waals surface area contributed by atoms with Crippen molar-refractivity contribution in [1.29, 1.82) is 0 Å². The van der Waals surface area contributed by atoms with Gasteiger partial charge in [0, 0.05) is 32.3 Å². The number of amides is 2. The molecule has 2 N–H and O–H groups in total. The molecule has 3 rings (SSSR count). The third-order valence-corrected chi connectivity index (χ3v) is 4.59. The molecule has 1 atom stereocenters. The highest BCUT2D eigenvalue weighted by Crippen LogP contribution is 2.20. The Kier molecular flexibility index (Phi) is 6.28. The fourth-order valence-electron chi connectivity index (χ4n) is 3.19. The van der Waals surface area contributed by atoms with Crippen molar-refractivity contribution < 1.29 is 19.1 Å². The summed E-state index contributed by atoms with van der Waals surface area (Å²) >= 11 is 0. The average Bonchev–Trinajstić information content (AvgIpc) is 3.28. The van der Waals surface area contributed by atoms with Crippen molar-refractivity contribution in [3.63, 3.8) is 0 Å². The lowest BCUT2D eigenvalue weighted by Gasteiger charge is -2.10. The first-order valence-corrected chi connectivity index (χ1v) is 9.37. The Labute approximate surface area is 158 Å². The van der Waals surface area contributed by atoms with Crippen molar-refractivity contribution in [2.24, 2.45) is 7.05 Å². The Morgan fingerprint density at radius 3 is 3.00 bits per heavy atom. The van der Waals surface area contributed by atoms with E-state index in [-0.39, 0.29) is 12.0 Å². The number of nitrogens with one attached hydrogen (secondary N) is 2. The summed E-state index contributed by atoms with van der Waals surface area (Å²) in [5.74, 6) is 0.914. The van der Waals surface area contributed by atoms with Crippen molar-refractivity contribution in [1.82, 2.24) is 14.9 Å². The van der Waals surface area contributed by atoms with Crippen molar-refractivity contribution in [3.05, 3.63) is 24.0 Å². The van der Waals surface area contributed by atoms with E-state index in [1.807, 2.05) is 29.8 Å². The largest absolute Gasteiger partial charge is 0.450 e. The first kappa shape index (κ1) is 19.2. The number of carbonyl (C=O) groups excluding carboxylic acids is 2. The minimum Gasteiger partial charge on any atom is -0.450 e. The van der Waals surface area contributed by atoms with Crippen LogP contribution in [0, 0.1) is 0 Å². The Morgan fingerprint density at radius 2 is 2.26 bits per heavy atom. The second-order valence-electron chi connectivity index (χ2n) is 6.53. The number of aromatic nitrogens is 2. The van der Waals surface area contributed by atoms with Gasteiger partial charge in [-0.15, -0.1) is 0 Å². The van der Waals surface area contributed by atoms with E-state index in [0.29, 0.717) is 25.4 Å². The van der Waals surface area contributed by atoms with Crippen LogP contribution >= 0.6 is 0 Å². The molecule has 1 saturated heterocycles. The average molecular weight is 374 g/mol. The molecule has 2 aromatic rings. The van der Waals surface area contributed by atoms with Gasteiger partial charge in [-0.25, -0.2) is 9.78 Å². The monoisotopic (exact) mass is 374 g/mol. The quantitative estimate of drug-likeness (QED) is 0.726. The summed E-state index contributed by atoms with van der Waals surface area (Å²) in [5, 5.41) is 5.61. The smallest absolute Gasteiger partial charge is 0.411 e. The van der Waals surface area contributed by atoms with Gasteiger partial charge in [0.2, 0.25) is 5.91 Å². The Morgan fingerprint density at radius 1 is 1.41 bits per heavy atom. The molecular formula is C19H26N4O4. The van der Waals surface area contributed by atoms with Crippen LogP contribution in [0.15, 0.2) is 18.2 Å². The SMILES string of the molecule is CCOC(=O)Nc1ccc2c(c1)nc(CCCNC(=O)C1CCCO1)n2C. The molecule has 1 aromatic carbocycles. The summed E-state index contributed by atoms with van der Waals surface area (Å²) in [4.78, 5) is 28.1. The van der Waals surface area contributed by atoms with Gasteiger partial charge >= 0.3 is 6.09 Å². The number of anilines is 1. The van der Waals surface area contributed by atoms with Gasteiger partial charge < -0.3 is 19.4 Å². The van der Waals surface area contributed by atoms with E-state index in [1.165, 1.54) is 0 Å². The third-order valence-electron chi connectivity index (χ3n) is 4.59. The second kappa shape index (κ2) is 8.85. The predicted molar refractivity (Wildman–Crippen MR) is 102 cm³/mol. The minimum atomic E-state index is -0.477. The number of imidazole rings is 1. The van der Waals surface area contributed by atoms with Crippen molar-refractivity contribution in [2.45, 2.75) is 38.7 Å². The summed E-state index contributed by atoms with van der Waals surface area (Å²) in [5.41, 5.74) is 2.45. The van der Waals surface area contributed by atoms with Crippen LogP contribution in [0.2, 0.25) is 0 Å². The zero-order valence-corrected chi connectivity index (χ0v) is 15.8. The van der Waals surface area contributed by atoms with Gasteiger partial charge in [0.05, 0.1) is 17.6 Å². The van der Waals surface area contributed by atoms with Crippen LogP contribution in [0.5, 0.6) is 0 Å². The molecular weight excluding hydrogens is 348 g/mol. The maximum absolute atomic E-state index is 11.9. The highest BCUT2D eigenvalue weighted by molar-refractivity contribution is 5.89. The van der Waals surface area contributed by atoms with Crippen LogP contribution < -0.4 is 10.6 Å². The molecule has 27 heavy (non-hydrogen) atoms. The van der Waals surface area contributed by atoms with Crippen molar-refractivity contribution in [3.8, 4) is 0 Å². The molecule has 8 heteroatoms. The summed E-state index contributed by atoms with van der Waals surface area (Å²) in [6, 6.07) is 5.58. The Bertz CT molecular complexity index is 811. The van der Waals surface area contributed by atoms with E-state index < -0.39 is 6.09 Å². The normalized spacial score (nSPS) is 16.4. The van der Waals surface area contributed by atoms with E-state index in [0.717, 1.165) is 42.5 Å². The summed E-state index contributed by atoms with van der Waals surface area (Å²) < 4.78 is 12.3. The lowest BCUT2D eigenvalue weighted by molar-refractivity contribution is -0.130. The fourth-order valence-corrected chi connectivity index (χ4v) is 3.19. The zero-order chi connectivity index (χ0) is 19.2. The Hall–Kier alpha value is -2.61. The van der Waals surface area contributed by atoms with Crippen LogP contribution in [0.1, 0.15) is 32.0 Å². The maximum atomic E-state index is 11.9. The lowest BCUT2D eigenvalue weighted by atomic mass is 10.2. The first-order valence-electron chi connectivity index (χ1n) is 9.37. The van der Waals surface area contributed by atoms with Gasteiger partial charge in [-0.1, -0.05) is 0 Å². The summed E-state index contributed by atoms with van der Waals surface area (Å²) in [6.07, 6.45) is 2.53. The van der Waals surface area contributed by atoms with E-state index >= 15 is 0 Å². The highest BCUT2D eigenvalue weighted by Gasteiger charge is 2.22. The van der Waals surface area contributed by atoms with Gasteiger partial charge in [-0.3, -0.25) is 10.1 Å². The molecule has 0 spiro atoms. The molecule has 1 aliphatic heterocycles. The van der Waals surface area contributed by atoms with Crippen LogP contribution in [-0.4, -0.2) is 47.4 Å². The maximum Gasteiger partial charge on any atom is 0.411 e. The number of benzene rings is 1. The first-order chi connectivity index (χ1) is 13.1. The van der Waals surface area contributed by atoms with E-state index in [4.69, 9.17) is 9.47 Å². The Balaban J connectivity index is 1.55. The van der Waals surface area contributed by atoms with Gasteiger partial charge in [0.1, 0.15) is 11.9 Å². The van der Waals surface area contributed by atoms with Crippen LogP contribution in [0.4, 0.5) is 10.5 Å². The van der Waals surface area contributed by atoms with Crippen LogP contribution in [-0.2, 0) is 27.7 Å². The fraction of sp³-hybridized carbons (Fsp3) is 0.526. The number of aryl methyl sites for hydroxylation is 2. The number of hydrogen-bond donors (Lipinski definition) is 2. The van der Waals surface area contributed by atoms with Gasteiger partial charge in [-0.05, 0) is 44.4 Å². The molecule has 2 amide bonds. The van der Waals surface area contributed by atoms with E-state index in [2.05, 4.69) is 15.6 Å². The molecule has 2 heterocycles. The molecule has 0 aliphatic carbocycles. The number of ether oxygens (including phenoxy) is 2. The molecule has 1 fully saturated rings. The van der Waals surface area contributed by atoms with Crippen LogP contribution in [0.3, 0.4) is 0 Å². The van der Waals surface area contributed by atoms with Gasteiger partial charge in [0.15, 0.2) is 0 Å². The second-order valence-corrected chi connectivity index (χ2v) is 6.53. The lowest BCUT2D eigenvalue weighted by Crippen LogP contribution is -2.34. The van der Waals surface area contributed by atoms with Gasteiger partial charge in [-0.2, -0.15) is 0 Å². The summed E-state index contributed by atoms with van der Waals surface area (Å²) in [7, 11) is 1.97. The topological polar surface area (TPSA) is 94.5 Å². The van der Waals surface area contributed by atoms with E-state index in [9.17, 15) is 9.59 Å². The molecule has 1 aromatic heterocycles. The number of rotatable bonds is 7. The molecule has 1 aliphatic rings. The third kappa shape index (κ3) is 4.77. The number of hydrogen-bond acceptors (Lipinski definition) is 5. The molecule has 0 radical (unpaired) electrons. The molecule has 0 bridgehead atoms. The minimum absolute atomic E-state index is 0.0211. The molecule has 146 valence electrons. The highest BCUT2D eigenvalue weighted by atomic mass is 16.5. The molecule has 8 nitrogen and oxygen atoms in total. The number of fused-ring (bicyclic) bond motifs is 1. The summed E-state index contributed by atoms with van der Waals surface area (Å²) in [6.45, 7) is 3.35. The van der Waals surface area contributed by atoms with Gasteiger partial charge in [0.25, 0.3) is 0 Å². The van der Waals surface area contributed by atoms with Crippen molar-refractivity contribution >= 4 is 28.7 Å². The zero-order valence-electron chi connectivity index (χ0n) is 15.8.